The zero-order chi connectivity index (χ0) is 29.7. The van der Waals surface area contributed by atoms with Crippen molar-refractivity contribution in [3.8, 4) is 22.6 Å². The van der Waals surface area contributed by atoms with E-state index in [0.29, 0.717) is 23.5 Å². The lowest BCUT2D eigenvalue weighted by molar-refractivity contribution is -0.156. The summed E-state index contributed by atoms with van der Waals surface area (Å²) in [5.41, 5.74) is 7.08. The molecule has 5 atom stereocenters. The van der Waals surface area contributed by atoms with Gasteiger partial charge in [-0.1, -0.05) is 55.5 Å². The molecule has 7 rings (SSSR count). The second kappa shape index (κ2) is 10.9. The Hall–Kier alpha value is -4.00. The van der Waals surface area contributed by atoms with Crippen molar-refractivity contribution in [2.75, 3.05) is 20.3 Å². The van der Waals surface area contributed by atoms with Gasteiger partial charge >= 0.3 is 12.1 Å². The minimum atomic E-state index is -0.614. The van der Waals surface area contributed by atoms with Gasteiger partial charge in [0.25, 0.3) is 0 Å². The number of methoxy groups -OCH3 is 1. The lowest BCUT2D eigenvalue weighted by Crippen LogP contribution is -2.46. The van der Waals surface area contributed by atoms with Gasteiger partial charge in [0, 0.05) is 11.3 Å². The van der Waals surface area contributed by atoms with Crippen molar-refractivity contribution < 1.29 is 28.9 Å². The van der Waals surface area contributed by atoms with Crippen molar-refractivity contribution in [1.82, 2.24) is 5.32 Å². The second-order valence-electron chi connectivity index (χ2n) is 12.9. The third kappa shape index (κ3) is 4.73. The zero-order valence-corrected chi connectivity index (χ0v) is 24.8. The van der Waals surface area contributed by atoms with Crippen molar-refractivity contribution in [2.45, 2.75) is 63.4 Å². The fraction of sp³-hybridized carbons (Fsp3) is 0.444. The highest BCUT2D eigenvalue weighted by atomic mass is 16.6. The molecular weight excluding hydrogens is 542 g/mol. The number of esters is 1. The number of phenolic OH excluding ortho intramolecular Hbond substituents is 1. The maximum atomic E-state index is 12.9. The van der Waals surface area contributed by atoms with Crippen LogP contribution in [0.2, 0.25) is 0 Å². The molecular formula is C36H39NO6. The van der Waals surface area contributed by atoms with Crippen LogP contribution in [0.5, 0.6) is 11.5 Å². The highest BCUT2D eigenvalue weighted by molar-refractivity contribution is 5.80. The smallest absolute Gasteiger partial charge is 0.407 e. The molecule has 7 heteroatoms. The Labute approximate surface area is 252 Å². The molecule has 1 amide bonds. The van der Waals surface area contributed by atoms with Gasteiger partial charge in [-0.3, -0.25) is 4.79 Å². The minimum absolute atomic E-state index is 0.0332. The van der Waals surface area contributed by atoms with E-state index in [-0.39, 0.29) is 36.3 Å². The van der Waals surface area contributed by atoms with E-state index in [9.17, 15) is 14.7 Å². The molecule has 3 aromatic rings. The second-order valence-corrected chi connectivity index (χ2v) is 12.9. The number of aryl methyl sites for hydroxylation is 1. The summed E-state index contributed by atoms with van der Waals surface area (Å²) in [6.07, 6.45) is 5.10. The summed E-state index contributed by atoms with van der Waals surface area (Å²) in [5, 5.41) is 12.9. The molecule has 2 saturated carbocycles. The largest absolute Gasteiger partial charge is 0.504 e. The van der Waals surface area contributed by atoms with Gasteiger partial charge in [-0.25, -0.2) is 4.79 Å². The monoisotopic (exact) mass is 581 g/mol. The van der Waals surface area contributed by atoms with E-state index in [4.69, 9.17) is 14.2 Å². The number of nitrogens with one attached hydrogen (secondary N) is 1. The van der Waals surface area contributed by atoms with Crippen LogP contribution < -0.4 is 10.1 Å². The third-order valence-corrected chi connectivity index (χ3v) is 10.9. The zero-order valence-electron chi connectivity index (χ0n) is 24.8. The number of alkyl carbamates (subject to hydrolysis) is 1. The van der Waals surface area contributed by atoms with Crippen LogP contribution in [0.4, 0.5) is 4.79 Å². The SMILES string of the molecule is COc1cc2c(cc1O)CC[C@@H]1[C@@H]2CC[C@]2(C)[C@@H](OC(=O)CNC(=O)OCC3c4ccccc4-c4ccccc43)CC[C@@H]12. The Bertz CT molecular complexity index is 1520. The van der Waals surface area contributed by atoms with Gasteiger partial charge in [0.15, 0.2) is 11.5 Å². The Morgan fingerprint density at radius 2 is 1.67 bits per heavy atom. The molecule has 3 aromatic carbocycles. The van der Waals surface area contributed by atoms with Crippen molar-refractivity contribution >= 4 is 12.1 Å². The highest BCUT2D eigenvalue weighted by Gasteiger charge is 2.56. The summed E-state index contributed by atoms with van der Waals surface area (Å²) in [6, 6.07) is 20.3. The van der Waals surface area contributed by atoms with Crippen molar-refractivity contribution in [3.63, 3.8) is 0 Å². The molecule has 4 aliphatic carbocycles. The average Bonchev–Trinajstić information content (AvgIpc) is 3.52. The molecule has 0 aromatic heterocycles. The summed E-state index contributed by atoms with van der Waals surface area (Å²) in [5.74, 6) is 1.71. The number of carbonyl (C=O) groups is 2. The van der Waals surface area contributed by atoms with Gasteiger partial charge in [-0.15, -0.1) is 0 Å². The fourth-order valence-electron chi connectivity index (χ4n) is 8.89. The number of ether oxygens (including phenoxy) is 3. The molecule has 224 valence electrons. The lowest BCUT2D eigenvalue weighted by atomic mass is 9.55. The Morgan fingerprint density at radius 1 is 0.953 bits per heavy atom. The van der Waals surface area contributed by atoms with E-state index in [1.54, 1.807) is 7.11 Å². The molecule has 0 saturated heterocycles. The van der Waals surface area contributed by atoms with E-state index in [2.05, 4.69) is 36.5 Å². The first-order valence-corrected chi connectivity index (χ1v) is 15.6. The molecule has 0 spiro atoms. The first kappa shape index (κ1) is 27.8. The predicted octanol–water partition coefficient (Wildman–Crippen LogP) is 6.71. The first-order valence-electron chi connectivity index (χ1n) is 15.6. The number of hydrogen-bond acceptors (Lipinski definition) is 6. The van der Waals surface area contributed by atoms with Gasteiger partial charge in [-0.05, 0) is 102 Å². The Morgan fingerprint density at radius 3 is 2.40 bits per heavy atom. The molecule has 2 fully saturated rings. The quantitative estimate of drug-likeness (QED) is 0.315. The molecule has 2 N–H and O–H groups in total. The number of aromatic hydroxyl groups is 1. The van der Waals surface area contributed by atoms with Gasteiger partial charge < -0.3 is 24.6 Å². The summed E-state index contributed by atoms with van der Waals surface area (Å²) in [4.78, 5) is 25.5. The number of amides is 1. The third-order valence-electron chi connectivity index (χ3n) is 10.9. The van der Waals surface area contributed by atoms with Crippen molar-refractivity contribution in [3.05, 3.63) is 82.9 Å². The van der Waals surface area contributed by atoms with E-state index in [1.807, 2.05) is 36.4 Å². The van der Waals surface area contributed by atoms with Gasteiger partial charge in [0.2, 0.25) is 0 Å². The number of benzene rings is 3. The summed E-state index contributed by atoms with van der Waals surface area (Å²) >= 11 is 0. The predicted molar refractivity (Wildman–Crippen MR) is 162 cm³/mol. The molecule has 43 heavy (non-hydrogen) atoms. The van der Waals surface area contributed by atoms with Crippen LogP contribution in [0.25, 0.3) is 11.1 Å². The van der Waals surface area contributed by atoms with Crippen LogP contribution in [-0.4, -0.2) is 43.5 Å². The molecule has 0 aliphatic heterocycles. The molecule has 0 bridgehead atoms. The number of hydrogen-bond donors (Lipinski definition) is 2. The number of phenols is 1. The molecule has 4 aliphatic rings. The maximum Gasteiger partial charge on any atom is 0.407 e. The lowest BCUT2D eigenvalue weighted by Gasteiger charge is -2.50. The first-order chi connectivity index (χ1) is 20.9. The van der Waals surface area contributed by atoms with Crippen LogP contribution in [-0.2, 0) is 20.7 Å². The maximum absolute atomic E-state index is 12.9. The van der Waals surface area contributed by atoms with Gasteiger partial charge in [0.05, 0.1) is 7.11 Å². The average molecular weight is 582 g/mol. The summed E-state index contributed by atoms with van der Waals surface area (Å²) < 4.78 is 17.1. The highest BCUT2D eigenvalue weighted by Crippen LogP contribution is 2.62. The fourth-order valence-corrected chi connectivity index (χ4v) is 8.89. The van der Waals surface area contributed by atoms with Gasteiger partial charge in [0.1, 0.15) is 19.3 Å². The van der Waals surface area contributed by atoms with E-state index in [1.165, 1.54) is 22.3 Å². The normalized spacial score (nSPS) is 26.7. The molecule has 7 nitrogen and oxygen atoms in total. The van der Waals surface area contributed by atoms with Crippen LogP contribution in [0.1, 0.15) is 73.1 Å². The molecule has 0 radical (unpaired) electrons. The summed E-state index contributed by atoms with van der Waals surface area (Å²) in [7, 11) is 1.60. The van der Waals surface area contributed by atoms with E-state index < -0.39 is 12.1 Å². The topological polar surface area (TPSA) is 94.1 Å². The summed E-state index contributed by atoms with van der Waals surface area (Å²) in [6.45, 7) is 2.27. The minimum Gasteiger partial charge on any atom is -0.504 e. The van der Waals surface area contributed by atoms with Crippen molar-refractivity contribution in [2.24, 2.45) is 17.3 Å². The van der Waals surface area contributed by atoms with E-state index in [0.717, 1.165) is 49.7 Å². The van der Waals surface area contributed by atoms with Crippen molar-refractivity contribution in [1.29, 1.82) is 0 Å². The van der Waals surface area contributed by atoms with Crippen LogP contribution in [0.15, 0.2) is 60.7 Å². The van der Waals surface area contributed by atoms with Crippen LogP contribution in [0, 0.1) is 17.3 Å². The van der Waals surface area contributed by atoms with Crippen LogP contribution in [0.3, 0.4) is 0 Å². The Balaban J connectivity index is 0.942. The van der Waals surface area contributed by atoms with E-state index >= 15 is 0 Å². The Kier molecular flexibility index (Phi) is 7.07. The molecule has 0 heterocycles. The van der Waals surface area contributed by atoms with Gasteiger partial charge in [-0.2, -0.15) is 0 Å². The van der Waals surface area contributed by atoms with Crippen LogP contribution >= 0.6 is 0 Å². The standard InChI is InChI=1S/C36H39NO6/c1-36-16-15-26-27(12-11-21-17-31(38)32(41-2)18-28(21)26)30(36)13-14-33(36)43-34(39)19-37-35(40)42-20-29-24-9-5-3-7-22(24)23-8-4-6-10-25(23)29/h3-10,17-18,26-27,29-30,33,38H,11-16,19-20H2,1-2H3,(H,37,40)/t26-,27+,30-,33-,36-/m0/s1. The molecule has 0 unspecified atom stereocenters. The number of rotatable bonds is 6. The number of carbonyl (C=O) groups excluding carboxylic acids is 2. The number of fused-ring (bicyclic) bond motifs is 8.